The summed E-state index contributed by atoms with van der Waals surface area (Å²) in [5, 5.41) is 13.7. The minimum atomic E-state index is 0.236. The van der Waals surface area contributed by atoms with Crippen molar-refractivity contribution in [1.82, 2.24) is 24.8 Å². The molecule has 9 heteroatoms. The highest BCUT2D eigenvalue weighted by Crippen LogP contribution is 2.35. The predicted octanol–water partition coefficient (Wildman–Crippen LogP) is 2.56. The molecule has 0 N–H and O–H groups in total. The van der Waals surface area contributed by atoms with E-state index in [1.165, 1.54) is 11.3 Å². The van der Waals surface area contributed by atoms with Gasteiger partial charge in [0.25, 0.3) is 0 Å². The van der Waals surface area contributed by atoms with E-state index >= 15 is 0 Å². The molecule has 0 amide bonds. The summed E-state index contributed by atoms with van der Waals surface area (Å²) in [7, 11) is 0. The number of pyridine rings is 1. The molecule has 0 unspecified atom stereocenters. The summed E-state index contributed by atoms with van der Waals surface area (Å²) in [6, 6.07) is 9.28. The van der Waals surface area contributed by atoms with Gasteiger partial charge >= 0.3 is 0 Å². The summed E-state index contributed by atoms with van der Waals surface area (Å²) in [6.45, 7) is 0.483. The molecule has 0 fully saturated rings. The van der Waals surface area contributed by atoms with Crippen LogP contribution >= 0.6 is 11.3 Å². The van der Waals surface area contributed by atoms with Crippen molar-refractivity contribution in [3.63, 3.8) is 0 Å². The molecule has 0 spiro atoms. The molecule has 124 valence electrons. The zero-order chi connectivity index (χ0) is 16.6. The molecular formula is C16H11N5O3S. The molecule has 1 aliphatic rings. The summed E-state index contributed by atoms with van der Waals surface area (Å²) in [4.78, 5) is 4.83. The van der Waals surface area contributed by atoms with Gasteiger partial charge in [-0.3, -0.25) is 4.98 Å². The Hall–Kier alpha value is -3.20. The van der Waals surface area contributed by atoms with Gasteiger partial charge in [0, 0.05) is 24.0 Å². The molecule has 0 bridgehead atoms. The van der Waals surface area contributed by atoms with Gasteiger partial charge in [0.2, 0.25) is 11.8 Å². The molecule has 0 saturated heterocycles. The van der Waals surface area contributed by atoms with Crippen LogP contribution in [0, 0.1) is 0 Å². The van der Waals surface area contributed by atoms with Crippen molar-refractivity contribution >= 4 is 16.3 Å². The summed E-state index contributed by atoms with van der Waals surface area (Å²) in [5.41, 5.74) is 0.945. The highest BCUT2D eigenvalue weighted by molar-refractivity contribution is 7.19. The summed E-state index contributed by atoms with van der Waals surface area (Å²) in [6.07, 6.45) is 3.50. The smallest absolute Gasteiger partial charge is 0.235 e. The van der Waals surface area contributed by atoms with Crippen LogP contribution in [0.5, 0.6) is 17.2 Å². The Kier molecular flexibility index (Phi) is 3.23. The second-order valence-corrected chi connectivity index (χ2v) is 6.22. The van der Waals surface area contributed by atoms with Gasteiger partial charge < -0.3 is 14.2 Å². The van der Waals surface area contributed by atoms with Gasteiger partial charge in [-0.2, -0.15) is 9.61 Å². The normalized spacial score (nSPS) is 12.6. The van der Waals surface area contributed by atoms with E-state index in [0.29, 0.717) is 22.3 Å². The molecule has 0 atom stereocenters. The number of hydrogen-bond donors (Lipinski definition) is 0. The van der Waals surface area contributed by atoms with E-state index < -0.39 is 0 Å². The first-order valence-electron chi connectivity index (χ1n) is 7.51. The summed E-state index contributed by atoms with van der Waals surface area (Å²) >= 11 is 1.46. The van der Waals surface area contributed by atoms with Crippen molar-refractivity contribution in [3.05, 3.63) is 48.5 Å². The Balaban J connectivity index is 1.39. The van der Waals surface area contributed by atoms with E-state index in [0.717, 1.165) is 16.3 Å². The van der Waals surface area contributed by atoms with Crippen molar-refractivity contribution in [2.75, 3.05) is 6.79 Å². The van der Waals surface area contributed by atoms with E-state index in [1.807, 2.05) is 24.3 Å². The van der Waals surface area contributed by atoms with Crippen LogP contribution in [0.4, 0.5) is 0 Å². The van der Waals surface area contributed by atoms with Crippen LogP contribution in [0.3, 0.4) is 0 Å². The van der Waals surface area contributed by atoms with Crippen molar-refractivity contribution < 1.29 is 14.2 Å². The van der Waals surface area contributed by atoms with Crippen LogP contribution < -0.4 is 14.2 Å². The highest BCUT2D eigenvalue weighted by Gasteiger charge is 2.16. The van der Waals surface area contributed by atoms with Gasteiger partial charge in [0.1, 0.15) is 17.4 Å². The van der Waals surface area contributed by atoms with Gasteiger partial charge in [-0.25, -0.2) is 0 Å². The number of rotatable bonds is 4. The first kappa shape index (κ1) is 14.2. The van der Waals surface area contributed by atoms with Crippen LogP contribution in [0.1, 0.15) is 5.82 Å². The molecule has 1 aliphatic heterocycles. The zero-order valence-corrected chi connectivity index (χ0v) is 13.6. The Morgan fingerprint density at radius 3 is 3.04 bits per heavy atom. The molecule has 4 aromatic rings. The molecule has 4 heterocycles. The average Bonchev–Trinajstić information content (AvgIpc) is 3.36. The van der Waals surface area contributed by atoms with Crippen LogP contribution in [0.15, 0.2) is 42.7 Å². The van der Waals surface area contributed by atoms with Gasteiger partial charge in [0.15, 0.2) is 17.3 Å². The predicted molar refractivity (Wildman–Crippen MR) is 88.8 cm³/mol. The highest BCUT2D eigenvalue weighted by atomic mass is 32.1. The number of aromatic nitrogens is 5. The maximum atomic E-state index is 5.79. The first-order valence-corrected chi connectivity index (χ1v) is 8.32. The lowest BCUT2D eigenvalue weighted by molar-refractivity contribution is 0.173. The lowest BCUT2D eigenvalue weighted by Gasteiger charge is -2.05. The van der Waals surface area contributed by atoms with Crippen molar-refractivity contribution in [1.29, 1.82) is 0 Å². The average molecular weight is 353 g/mol. The standard InChI is InChI=1S/C16H11N5O3S/c1-2-10(7-17-5-1)15-20-21-14(18-19-16(21)25-15)8-22-11-3-4-12-13(6-11)24-9-23-12/h1-7H,8-9H2. The Labute approximate surface area is 145 Å². The maximum absolute atomic E-state index is 5.79. The van der Waals surface area contributed by atoms with Gasteiger partial charge in [-0.1, -0.05) is 11.3 Å². The molecule has 3 aromatic heterocycles. The van der Waals surface area contributed by atoms with Gasteiger partial charge in [-0.05, 0) is 24.3 Å². The van der Waals surface area contributed by atoms with Gasteiger partial charge in [-0.15, -0.1) is 10.2 Å². The molecule has 1 aromatic carbocycles. The number of hydrogen-bond acceptors (Lipinski definition) is 8. The largest absolute Gasteiger partial charge is 0.485 e. The maximum Gasteiger partial charge on any atom is 0.235 e. The number of nitrogens with zero attached hydrogens (tertiary/aromatic N) is 5. The van der Waals surface area contributed by atoms with Gasteiger partial charge in [0.05, 0.1) is 0 Å². The second-order valence-electron chi connectivity index (χ2n) is 5.26. The van der Waals surface area contributed by atoms with E-state index in [1.54, 1.807) is 23.0 Å². The van der Waals surface area contributed by atoms with Crippen LogP contribution in [0.2, 0.25) is 0 Å². The lowest BCUT2D eigenvalue weighted by atomic mass is 10.3. The minimum absolute atomic E-state index is 0.236. The van der Waals surface area contributed by atoms with Crippen LogP contribution in [0.25, 0.3) is 15.5 Å². The Bertz CT molecular complexity index is 1050. The van der Waals surface area contributed by atoms with Crippen molar-refractivity contribution in [2.24, 2.45) is 0 Å². The zero-order valence-electron chi connectivity index (χ0n) is 12.8. The fourth-order valence-electron chi connectivity index (χ4n) is 2.47. The number of benzene rings is 1. The number of ether oxygens (including phenoxy) is 3. The molecule has 0 aliphatic carbocycles. The molecular weight excluding hydrogens is 342 g/mol. The van der Waals surface area contributed by atoms with Crippen LogP contribution in [-0.4, -0.2) is 31.6 Å². The third-order valence-electron chi connectivity index (χ3n) is 3.68. The minimum Gasteiger partial charge on any atom is -0.485 e. The monoisotopic (exact) mass is 353 g/mol. The quantitative estimate of drug-likeness (QED) is 0.557. The second kappa shape index (κ2) is 5.71. The summed E-state index contributed by atoms with van der Waals surface area (Å²) < 4.78 is 18.1. The third kappa shape index (κ3) is 2.54. The van der Waals surface area contributed by atoms with E-state index in [9.17, 15) is 0 Å². The Morgan fingerprint density at radius 2 is 2.12 bits per heavy atom. The van der Waals surface area contributed by atoms with E-state index in [4.69, 9.17) is 14.2 Å². The molecule has 0 radical (unpaired) electrons. The van der Waals surface area contributed by atoms with Crippen LogP contribution in [-0.2, 0) is 6.61 Å². The SMILES string of the molecule is c1cncc(-c2nn3c(COc4ccc5c(c4)OCO5)nnc3s2)c1. The molecule has 5 rings (SSSR count). The lowest BCUT2D eigenvalue weighted by Crippen LogP contribution is -2.02. The Morgan fingerprint density at radius 1 is 1.16 bits per heavy atom. The molecule has 0 saturated carbocycles. The molecule has 25 heavy (non-hydrogen) atoms. The fourth-order valence-corrected chi connectivity index (χ4v) is 3.32. The third-order valence-corrected chi connectivity index (χ3v) is 4.62. The molecule has 8 nitrogen and oxygen atoms in total. The topological polar surface area (TPSA) is 83.7 Å². The first-order chi connectivity index (χ1) is 12.4. The van der Waals surface area contributed by atoms with Crippen molar-refractivity contribution in [3.8, 4) is 27.8 Å². The summed E-state index contributed by atoms with van der Waals surface area (Å²) in [5.74, 6) is 2.69. The number of fused-ring (bicyclic) bond motifs is 2. The fraction of sp³-hybridized carbons (Fsp3) is 0.125. The van der Waals surface area contributed by atoms with E-state index in [-0.39, 0.29) is 13.4 Å². The van der Waals surface area contributed by atoms with E-state index in [2.05, 4.69) is 20.3 Å². The van der Waals surface area contributed by atoms with Crippen molar-refractivity contribution in [2.45, 2.75) is 6.61 Å².